The number of carbonyl (C=O) groups excluding carboxylic acids is 1. The van der Waals surface area contributed by atoms with Crippen LogP contribution in [-0.4, -0.2) is 17.0 Å². The number of aromatic carboxylic acids is 1. The maximum Gasteiger partial charge on any atom is 0.335 e. The lowest BCUT2D eigenvalue weighted by Crippen LogP contribution is -2.24. The molecule has 23 heavy (non-hydrogen) atoms. The Hall–Kier alpha value is -2.62. The second kappa shape index (κ2) is 6.65. The predicted octanol–water partition coefficient (Wildman–Crippen LogP) is 2.73. The van der Waals surface area contributed by atoms with E-state index >= 15 is 0 Å². The molecule has 0 atom stereocenters. The molecule has 0 bridgehead atoms. The van der Waals surface area contributed by atoms with E-state index in [4.69, 9.17) is 5.11 Å². The topological polar surface area (TPSA) is 66.4 Å². The van der Waals surface area contributed by atoms with Crippen molar-refractivity contribution in [1.29, 1.82) is 0 Å². The molecule has 2 aromatic carbocycles. The Morgan fingerprint density at radius 3 is 2.39 bits per heavy atom. The fourth-order valence-corrected chi connectivity index (χ4v) is 2.95. The zero-order valence-electron chi connectivity index (χ0n) is 12.8. The van der Waals surface area contributed by atoms with Gasteiger partial charge in [0.2, 0.25) is 5.91 Å². The molecular formula is C19H19NO3. The largest absolute Gasteiger partial charge is 0.478 e. The van der Waals surface area contributed by atoms with E-state index < -0.39 is 5.97 Å². The van der Waals surface area contributed by atoms with Crippen molar-refractivity contribution in [3.05, 3.63) is 70.3 Å². The number of carboxylic acid groups (broad SMARTS) is 1. The highest BCUT2D eigenvalue weighted by Gasteiger charge is 2.12. The summed E-state index contributed by atoms with van der Waals surface area (Å²) < 4.78 is 0. The van der Waals surface area contributed by atoms with Crippen molar-refractivity contribution in [1.82, 2.24) is 5.32 Å². The van der Waals surface area contributed by atoms with Crippen molar-refractivity contribution in [3.8, 4) is 0 Å². The van der Waals surface area contributed by atoms with Gasteiger partial charge in [-0.1, -0.05) is 30.3 Å². The molecule has 0 unspecified atom stereocenters. The van der Waals surface area contributed by atoms with Gasteiger partial charge in [-0.05, 0) is 53.6 Å². The standard InChI is InChI=1S/C19H19NO3/c21-18(11-14-6-7-15-2-1-3-17(15)10-14)20-12-13-4-8-16(9-5-13)19(22)23/h4-10H,1-3,11-12H2,(H,20,21)(H,22,23). The van der Waals surface area contributed by atoms with E-state index in [1.807, 2.05) is 6.07 Å². The van der Waals surface area contributed by atoms with Crippen molar-refractivity contribution in [2.24, 2.45) is 0 Å². The highest BCUT2D eigenvalue weighted by molar-refractivity contribution is 5.87. The minimum absolute atomic E-state index is 0.0229. The molecule has 3 rings (SSSR count). The molecule has 0 heterocycles. The average Bonchev–Trinajstić information content (AvgIpc) is 3.01. The Balaban J connectivity index is 1.54. The number of nitrogens with one attached hydrogen (secondary N) is 1. The predicted molar refractivity (Wildman–Crippen MR) is 87.4 cm³/mol. The first kappa shape index (κ1) is 15.3. The average molecular weight is 309 g/mol. The third-order valence-corrected chi connectivity index (χ3v) is 4.22. The van der Waals surface area contributed by atoms with Crippen LogP contribution in [0.3, 0.4) is 0 Å². The van der Waals surface area contributed by atoms with Crippen molar-refractivity contribution in [2.75, 3.05) is 0 Å². The van der Waals surface area contributed by atoms with Gasteiger partial charge in [-0.15, -0.1) is 0 Å². The molecule has 1 aliphatic carbocycles. The van der Waals surface area contributed by atoms with Gasteiger partial charge in [0, 0.05) is 6.54 Å². The Bertz CT molecular complexity index is 735. The van der Waals surface area contributed by atoms with Crippen LogP contribution in [0, 0.1) is 0 Å². The van der Waals surface area contributed by atoms with E-state index in [-0.39, 0.29) is 11.5 Å². The van der Waals surface area contributed by atoms with E-state index in [1.165, 1.54) is 17.5 Å². The molecule has 0 aliphatic heterocycles. The van der Waals surface area contributed by atoms with Crippen LogP contribution < -0.4 is 5.32 Å². The number of amides is 1. The molecule has 118 valence electrons. The molecule has 2 N–H and O–H groups in total. The summed E-state index contributed by atoms with van der Waals surface area (Å²) in [4.78, 5) is 22.8. The second-order valence-electron chi connectivity index (χ2n) is 5.91. The molecule has 0 spiro atoms. The molecule has 1 aliphatic rings. The van der Waals surface area contributed by atoms with Crippen LogP contribution in [0.2, 0.25) is 0 Å². The lowest BCUT2D eigenvalue weighted by atomic mass is 10.0. The lowest BCUT2D eigenvalue weighted by Gasteiger charge is -2.07. The fourth-order valence-electron chi connectivity index (χ4n) is 2.95. The van der Waals surface area contributed by atoms with Crippen LogP contribution in [0.25, 0.3) is 0 Å². The summed E-state index contributed by atoms with van der Waals surface area (Å²) in [5.41, 5.74) is 4.96. The van der Waals surface area contributed by atoms with E-state index in [0.717, 1.165) is 24.0 Å². The van der Waals surface area contributed by atoms with Crippen LogP contribution in [0.15, 0.2) is 42.5 Å². The van der Waals surface area contributed by atoms with Gasteiger partial charge in [0.1, 0.15) is 0 Å². The van der Waals surface area contributed by atoms with Gasteiger partial charge < -0.3 is 10.4 Å². The van der Waals surface area contributed by atoms with Crippen LogP contribution in [0.4, 0.5) is 0 Å². The Morgan fingerprint density at radius 2 is 1.65 bits per heavy atom. The van der Waals surface area contributed by atoms with Crippen molar-refractivity contribution >= 4 is 11.9 Å². The maximum absolute atomic E-state index is 12.1. The molecule has 0 aromatic heterocycles. The van der Waals surface area contributed by atoms with Gasteiger partial charge in [-0.25, -0.2) is 4.79 Å². The summed E-state index contributed by atoms with van der Waals surface area (Å²) in [6, 6.07) is 12.8. The maximum atomic E-state index is 12.1. The SMILES string of the molecule is O=C(Cc1ccc2c(c1)CCC2)NCc1ccc(C(=O)O)cc1. The van der Waals surface area contributed by atoms with Crippen molar-refractivity contribution in [2.45, 2.75) is 32.2 Å². The summed E-state index contributed by atoms with van der Waals surface area (Å²) in [6.07, 6.45) is 3.84. The third-order valence-electron chi connectivity index (χ3n) is 4.22. The van der Waals surface area contributed by atoms with E-state index in [9.17, 15) is 9.59 Å². The number of benzene rings is 2. The van der Waals surface area contributed by atoms with Crippen molar-refractivity contribution in [3.63, 3.8) is 0 Å². The van der Waals surface area contributed by atoms with Gasteiger partial charge in [-0.2, -0.15) is 0 Å². The zero-order chi connectivity index (χ0) is 16.2. The number of carbonyl (C=O) groups is 2. The Kier molecular flexibility index (Phi) is 4.42. The molecule has 0 saturated heterocycles. The summed E-state index contributed by atoms with van der Waals surface area (Å²) in [6.45, 7) is 0.406. The number of rotatable bonds is 5. The molecule has 0 radical (unpaired) electrons. The number of carboxylic acids is 1. The number of aryl methyl sites for hydroxylation is 2. The normalized spacial score (nSPS) is 12.7. The molecule has 0 fully saturated rings. The number of hydrogen-bond donors (Lipinski definition) is 2. The molecule has 4 nitrogen and oxygen atoms in total. The van der Waals surface area contributed by atoms with Gasteiger partial charge in [0.15, 0.2) is 0 Å². The smallest absolute Gasteiger partial charge is 0.335 e. The molecule has 0 saturated carbocycles. The third kappa shape index (κ3) is 3.77. The Morgan fingerprint density at radius 1 is 0.957 bits per heavy atom. The summed E-state index contributed by atoms with van der Waals surface area (Å²) in [7, 11) is 0. The molecular weight excluding hydrogens is 290 g/mol. The van der Waals surface area contributed by atoms with E-state index in [1.54, 1.807) is 24.3 Å². The van der Waals surface area contributed by atoms with Gasteiger partial charge in [0.25, 0.3) is 0 Å². The molecule has 1 amide bonds. The van der Waals surface area contributed by atoms with E-state index in [0.29, 0.717) is 13.0 Å². The van der Waals surface area contributed by atoms with Crippen molar-refractivity contribution < 1.29 is 14.7 Å². The molecule has 2 aromatic rings. The highest BCUT2D eigenvalue weighted by Crippen LogP contribution is 2.22. The van der Waals surface area contributed by atoms with Gasteiger partial charge in [-0.3, -0.25) is 4.79 Å². The second-order valence-corrected chi connectivity index (χ2v) is 5.91. The first-order chi connectivity index (χ1) is 11.1. The van der Waals surface area contributed by atoms with Crippen LogP contribution >= 0.6 is 0 Å². The van der Waals surface area contributed by atoms with Gasteiger partial charge >= 0.3 is 5.97 Å². The highest BCUT2D eigenvalue weighted by atomic mass is 16.4. The lowest BCUT2D eigenvalue weighted by molar-refractivity contribution is -0.120. The molecule has 4 heteroatoms. The van der Waals surface area contributed by atoms with E-state index in [2.05, 4.69) is 17.4 Å². The van der Waals surface area contributed by atoms with Crippen LogP contribution in [0.1, 0.15) is 39.0 Å². The zero-order valence-corrected chi connectivity index (χ0v) is 12.8. The quantitative estimate of drug-likeness (QED) is 0.892. The number of fused-ring (bicyclic) bond motifs is 1. The summed E-state index contributed by atoms with van der Waals surface area (Å²) in [5, 5.41) is 11.7. The minimum Gasteiger partial charge on any atom is -0.478 e. The monoisotopic (exact) mass is 309 g/mol. The minimum atomic E-state index is -0.947. The fraction of sp³-hybridized carbons (Fsp3) is 0.263. The van der Waals surface area contributed by atoms with Crippen LogP contribution in [-0.2, 0) is 30.6 Å². The Labute approximate surface area is 135 Å². The first-order valence-corrected chi connectivity index (χ1v) is 7.81. The first-order valence-electron chi connectivity index (χ1n) is 7.81. The van der Waals surface area contributed by atoms with Gasteiger partial charge in [0.05, 0.1) is 12.0 Å². The summed E-state index contributed by atoms with van der Waals surface area (Å²) >= 11 is 0. The number of hydrogen-bond acceptors (Lipinski definition) is 2. The summed E-state index contributed by atoms with van der Waals surface area (Å²) in [5.74, 6) is -0.970. The van der Waals surface area contributed by atoms with Crippen LogP contribution in [0.5, 0.6) is 0 Å².